The zero-order valence-corrected chi connectivity index (χ0v) is 10.3. The van der Waals surface area contributed by atoms with Gasteiger partial charge in [-0.2, -0.15) is 0 Å². The smallest absolute Gasteiger partial charge is 0.331 e. The Balaban J connectivity index is 4.56. The van der Waals surface area contributed by atoms with Crippen LogP contribution in [0.2, 0.25) is 0 Å². The van der Waals surface area contributed by atoms with Gasteiger partial charge in [0, 0.05) is 0 Å². The molecule has 1 unspecified atom stereocenters. The van der Waals surface area contributed by atoms with Crippen LogP contribution in [-0.2, 0) is 9.59 Å². The number of hydrogen-bond acceptors (Lipinski definition) is 5. The molecule has 0 saturated carbocycles. The molecule has 0 heterocycles. The van der Waals surface area contributed by atoms with Crippen molar-refractivity contribution in [3.05, 3.63) is 0 Å². The number of carboxylic acids is 1. The van der Waals surface area contributed by atoms with Crippen LogP contribution in [-0.4, -0.2) is 35.0 Å². The highest BCUT2D eigenvalue weighted by molar-refractivity contribution is 6.09. The van der Waals surface area contributed by atoms with Crippen LogP contribution in [0.5, 0.6) is 0 Å². The molecular weight excluding hydrogens is 222 g/mol. The number of nitrogens with two attached hydrogens (primary N) is 3. The maximum absolute atomic E-state index is 11.9. The number of carbonyl (C=O) groups excluding carboxylic acids is 1. The van der Waals surface area contributed by atoms with Gasteiger partial charge in [-0.05, 0) is 25.8 Å². The number of unbranched alkanes of at least 4 members (excludes halogenated alkanes) is 1. The normalized spacial score (nSPS) is 16.2. The Morgan fingerprint density at radius 3 is 2.35 bits per heavy atom. The van der Waals surface area contributed by atoms with Crippen LogP contribution in [0, 0.1) is 0 Å². The lowest BCUT2D eigenvalue weighted by Crippen LogP contribution is -2.60. The summed E-state index contributed by atoms with van der Waals surface area (Å²) < 4.78 is 0. The van der Waals surface area contributed by atoms with Crippen molar-refractivity contribution in [1.29, 1.82) is 0 Å². The van der Waals surface area contributed by atoms with Gasteiger partial charge in [-0.25, -0.2) is 4.79 Å². The molecule has 0 spiro atoms. The molecule has 6 heteroatoms. The number of carbonyl (C=O) groups is 2. The Kier molecular flexibility index (Phi) is 6.94. The van der Waals surface area contributed by atoms with Crippen molar-refractivity contribution < 1.29 is 14.7 Å². The maximum Gasteiger partial charge on any atom is 0.331 e. The quantitative estimate of drug-likeness (QED) is 0.322. The lowest BCUT2D eigenvalue weighted by atomic mass is 9.85. The summed E-state index contributed by atoms with van der Waals surface area (Å²) >= 11 is 0. The molecule has 0 aliphatic heterocycles. The van der Waals surface area contributed by atoms with Gasteiger partial charge in [-0.3, -0.25) is 4.79 Å². The average molecular weight is 245 g/mol. The standard InChI is InChI=1S/C11H23N3O3/c1-2-6-11(14,10(16)17)9(15)8(13)5-3-4-7-12/h8H,2-7,12-14H2,1H3,(H,16,17)/t8-,11?/m0/s1. The topological polar surface area (TPSA) is 132 Å². The largest absolute Gasteiger partial charge is 0.480 e. The van der Waals surface area contributed by atoms with E-state index in [0.717, 1.165) is 6.42 Å². The molecule has 0 amide bonds. The number of carboxylic acid groups (broad SMARTS) is 1. The Morgan fingerprint density at radius 1 is 1.35 bits per heavy atom. The van der Waals surface area contributed by atoms with E-state index >= 15 is 0 Å². The zero-order chi connectivity index (χ0) is 13.5. The van der Waals surface area contributed by atoms with Gasteiger partial charge in [-0.1, -0.05) is 19.8 Å². The molecule has 0 bridgehead atoms. The molecule has 2 atom stereocenters. The van der Waals surface area contributed by atoms with Gasteiger partial charge in [0.1, 0.15) is 0 Å². The highest BCUT2D eigenvalue weighted by atomic mass is 16.4. The fourth-order valence-corrected chi connectivity index (χ4v) is 1.70. The van der Waals surface area contributed by atoms with Crippen LogP contribution in [0.3, 0.4) is 0 Å². The van der Waals surface area contributed by atoms with E-state index in [9.17, 15) is 9.59 Å². The Hall–Kier alpha value is -0.980. The van der Waals surface area contributed by atoms with Crippen LogP contribution < -0.4 is 17.2 Å². The van der Waals surface area contributed by atoms with Crippen LogP contribution >= 0.6 is 0 Å². The first kappa shape index (κ1) is 16.0. The summed E-state index contributed by atoms with van der Waals surface area (Å²) in [5, 5.41) is 9.03. The summed E-state index contributed by atoms with van der Waals surface area (Å²) in [4.78, 5) is 23.0. The number of ketones is 1. The average Bonchev–Trinajstić information content (AvgIpc) is 2.28. The van der Waals surface area contributed by atoms with Gasteiger partial charge in [-0.15, -0.1) is 0 Å². The minimum absolute atomic E-state index is 0.103. The van der Waals surface area contributed by atoms with Crippen molar-refractivity contribution in [2.75, 3.05) is 6.54 Å². The van der Waals surface area contributed by atoms with Gasteiger partial charge >= 0.3 is 5.97 Å². The minimum Gasteiger partial charge on any atom is -0.480 e. The molecular formula is C11H23N3O3. The molecule has 0 aromatic carbocycles. The molecule has 0 fully saturated rings. The van der Waals surface area contributed by atoms with Gasteiger partial charge < -0.3 is 22.3 Å². The molecule has 0 rings (SSSR count). The maximum atomic E-state index is 11.9. The molecule has 6 nitrogen and oxygen atoms in total. The van der Waals surface area contributed by atoms with E-state index in [-0.39, 0.29) is 6.42 Å². The molecule has 17 heavy (non-hydrogen) atoms. The van der Waals surface area contributed by atoms with Gasteiger partial charge in [0.2, 0.25) is 0 Å². The molecule has 100 valence electrons. The summed E-state index contributed by atoms with van der Waals surface area (Å²) in [5.41, 5.74) is 14.8. The molecule has 0 saturated heterocycles. The molecule has 0 aromatic heterocycles. The Labute approximate surface area is 102 Å². The van der Waals surface area contributed by atoms with Crippen molar-refractivity contribution in [2.45, 2.75) is 50.6 Å². The number of rotatable bonds is 9. The summed E-state index contributed by atoms with van der Waals surface area (Å²) in [6.45, 7) is 2.31. The van der Waals surface area contributed by atoms with Crippen LogP contribution in [0.25, 0.3) is 0 Å². The predicted octanol–water partition coefficient (Wildman–Crippen LogP) is -0.406. The summed E-state index contributed by atoms with van der Waals surface area (Å²) in [6.07, 6.45) is 2.51. The molecule has 0 aliphatic rings. The van der Waals surface area contributed by atoms with Crippen LogP contribution in [0.1, 0.15) is 39.0 Å². The second-order valence-electron chi connectivity index (χ2n) is 4.28. The molecule has 0 aromatic rings. The fraction of sp³-hybridized carbons (Fsp3) is 0.818. The van der Waals surface area contributed by atoms with E-state index in [1.165, 1.54) is 0 Å². The van der Waals surface area contributed by atoms with E-state index in [2.05, 4.69) is 0 Å². The number of aliphatic carboxylic acids is 1. The Bertz CT molecular complexity index is 271. The van der Waals surface area contributed by atoms with Crippen molar-refractivity contribution in [2.24, 2.45) is 17.2 Å². The van der Waals surface area contributed by atoms with Gasteiger partial charge in [0.05, 0.1) is 6.04 Å². The third kappa shape index (κ3) is 4.41. The van der Waals surface area contributed by atoms with Crippen molar-refractivity contribution >= 4 is 11.8 Å². The second kappa shape index (κ2) is 7.37. The van der Waals surface area contributed by atoms with E-state index in [0.29, 0.717) is 25.8 Å². The SMILES string of the molecule is CCCC(N)(C(=O)O)C(=O)[C@@H](N)CCCCN. The monoisotopic (exact) mass is 245 g/mol. The van der Waals surface area contributed by atoms with E-state index in [1.54, 1.807) is 6.92 Å². The highest BCUT2D eigenvalue weighted by Crippen LogP contribution is 2.15. The minimum atomic E-state index is -1.85. The second-order valence-corrected chi connectivity index (χ2v) is 4.28. The lowest BCUT2D eigenvalue weighted by molar-refractivity contribution is -0.149. The molecule has 7 N–H and O–H groups in total. The Morgan fingerprint density at radius 2 is 1.94 bits per heavy atom. The zero-order valence-electron chi connectivity index (χ0n) is 10.3. The van der Waals surface area contributed by atoms with Crippen molar-refractivity contribution in [3.63, 3.8) is 0 Å². The highest BCUT2D eigenvalue weighted by Gasteiger charge is 2.43. The predicted molar refractivity (Wildman–Crippen MR) is 65.4 cm³/mol. The van der Waals surface area contributed by atoms with Crippen molar-refractivity contribution in [1.82, 2.24) is 0 Å². The lowest BCUT2D eigenvalue weighted by Gasteiger charge is -2.25. The summed E-state index contributed by atoms with van der Waals surface area (Å²) in [6, 6.07) is -0.825. The van der Waals surface area contributed by atoms with Crippen LogP contribution in [0.4, 0.5) is 0 Å². The number of hydrogen-bond donors (Lipinski definition) is 4. The first-order valence-corrected chi connectivity index (χ1v) is 5.92. The third-order valence-electron chi connectivity index (χ3n) is 2.77. The van der Waals surface area contributed by atoms with Gasteiger partial charge in [0.15, 0.2) is 11.3 Å². The number of Topliss-reactive ketones (excluding diaryl/α,β-unsaturated/α-hetero) is 1. The first-order chi connectivity index (χ1) is 7.90. The molecule has 0 radical (unpaired) electrons. The first-order valence-electron chi connectivity index (χ1n) is 5.92. The fourth-order valence-electron chi connectivity index (χ4n) is 1.70. The van der Waals surface area contributed by atoms with Crippen molar-refractivity contribution in [3.8, 4) is 0 Å². The summed E-state index contributed by atoms with van der Waals surface area (Å²) in [5.74, 6) is -1.90. The van der Waals surface area contributed by atoms with Crippen LogP contribution in [0.15, 0.2) is 0 Å². The molecule has 0 aliphatic carbocycles. The van der Waals surface area contributed by atoms with Gasteiger partial charge in [0.25, 0.3) is 0 Å². The van der Waals surface area contributed by atoms with E-state index < -0.39 is 23.3 Å². The summed E-state index contributed by atoms with van der Waals surface area (Å²) in [7, 11) is 0. The van der Waals surface area contributed by atoms with E-state index in [4.69, 9.17) is 22.3 Å². The van der Waals surface area contributed by atoms with E-state index in [1.807, 2.05) is 0 Å². The third-order valence-corrected chi connectivity index (χ3v) is 2.77.